The first kappa shape index (κ1) is 12.7. The third kappa shape index (κ3) is 1.72. The van der Waals surface area contributed by atoms with Gasteiger partial charge in [0.2, 0.25) is 0 Å². The molecule has 0 radical (unpaired) electrons. The van der Waals surface area contributed by atoms with Gasteiger partial charge < -0.3 is 14.8 Å². The quantitative estimate of drug-likeness (QED) is 0.890. The summed E-state index contributed by atoms with van der Waals surface area (Å²) in [6.45, 7) is 4.96. The van der Waals surface area contributed by atoms with E-state index < -0.39 is 5.60 Å². The van der Waals surface area contributed by atoms with Gasteiger partial charge >= 0.3 is 0 Å². The molecule has 2 aromatic rings. The van der Waals surface area contributed by atoms with E-state index in [9.17, 15) is 5.11 Å². The Hall–Kier alpha value is -1.32. The number of rotatable bonds is 3. The molecule has 0 saturated carbocycles. The number of aliphatic hydroxyl groups is 1. The summed E-state index contributed by atoms with van der Waals surface area (Å²) in [6.07, 6.45) is 2.71. The van der Waals surface area contributed by atoms with Gasteiger partial charge in [0.25, 0.3) is 0 Å². The molecule has 1 unspecified atom stereocenters. The zero-order chi connectivity index (χ0) is 13.5. The Bertz CT molecular complexity index is 596. The molecule has 0 spiro atoms. The van der Waals surface area contributed by atoms with Gasteiger partial charge in [0, 0.05) is 10.9 Å². The van der Waals surface area contributed by atoms with Crippen LogP contribution in [0.1, 0.15) is 37.1 Å². The van der Waals surface area contributed by atoms with E-state index in [0.717, 1.165) is 25.0 Å². The van der Waals surface area contributed by atoms with Gasteiger partial charge in [0.1, 0.15) is 5.60 Å². The predicted molar refractivity (Wildman–Crippen MR) is 76.4 cm³/mol. The van der Waals surface area contributed by atoms with Crippen LogP contribution in [0.15, 0.2) is 18.2 Å². The highest BCUT2D eigenvalue weighted by Gasteiger charge is 2.38. The van der Waals surface area contributed by atoms with E-state index in [2.05, 4.69) is 37.0 Å². The van der Waals surface area contributed by atoms with E-state index in [1.54, 1.807) is 0 Å². The molecule has 3 nitrogen and oxygen atoms in total. The molecule has 0 saturated heterocycles. The highest BCUT2D eigenvalue weighted by molar-refractivity contribution is 5.88. The Kier molecular flexibility index (Phi) is 3.11. The molecule has 1 atom stereocenters. The molecule has 0 amide bonds. The summed E-state index contributed by atoms with van der Waals surface area (Å²) in [5.74, 6) is 0. The molecule has 0 aliphatic carbocycles. The van der Waals surface area contributed by atoms with E-state index in [1.807, 2.05) is 0 Å². The van der Waals surface area contributed by atoms with Crippen molar-refractivity contribution in [1.82, 2.24) is 4.98 Å². The molecular formula is C16H21NO2. The van der Waals surface area contributed by atoms with Crippen LogP contribution in [0.5, 0.6) is 0 Å². The molecule has 0 bridgehead atoms. The van der Waals surface area contributed by atoms with Crippen molar-refractivity contribution in [3.63, 3.8) is 0 Å². The fraction of sp³-hybridized carbons (Fsp3) is 0.500. The summed E-state index contributed by atoms with van der Waals surface area (Å²) >= 11 is 0. The smallest absolute Gasteiger partial charge is 0.131 e. The highest BCUT2D eigenvalue weighted by atomic mass is 16.5. The number of hydrogen-bond donors (Lipinski definition) is 2. The van der Waals surface area contributed by atoms with E-state index in [4.69, 9.17) is 4.74 Å². The van der Waals surface area contributed by atoms with Crippen molar-refractivity contribution in [1.29, 1.82) is 0 Å². The fourth-order valence-corrected chi connectivity index (χ4v) is 3.21. The van der Waals surface area contributed by atoms with Crippen molar-refractivity contribution >= 4 is 10.9 Å². The molecule has 1 aromatic carbocycles. The summed E-state index contributed by atoms with van der Waals surface area (Å²) in [4.78, 5) is 3.54. The number of aromatic nitrogens is 1. The maximum absolute atomic E-state index is 9.79. The Morgan fingerprint density at radius 3 is 2.89 bits per heavy atom. The lowest BCUT2D eigenvalue weighted by atomic mass is 9.89. The van der Waals surface area contributed by atoms with Gasteiger partial charge in [-0.05, 0) is 30.4 Å². The van der Waals surface area contributed by atoms with Crippen LogP contribution in [0.3, 0.4) is 0 Å². The number of benzene rings is 1. The van der Waals surface area contributed by atoms with Crippen LogP contribution in [-0.4, -0.2) is 23.3 Å². The molecule has 19 heavy (non-hydrogen) atoms. The lowest BCUT2D eigenvalue weighted by Gasteiger charge is -2.35. The molecule has 102 valence electrons. The molecule has 1 aromatic heterocycles. The van der Waals surface area contributed by atoms with Crippen LogP contribution in [0.2, 0.25) is 0 Å². The summed E-state index contributed by atoms with van der Waals surface area (Å²) < 4.78 is 5.91. The van der Waals surface area contributed by atoms with Crippen molar-refractivity contribution in [3.8, 4) is 0 Å². The number of aromatic amines is 1. The number of H-pyrrole nitrogens is 1. The zero-order valence-electron chi connectivity index (χ0n) is 11.6. The maximum Gasteiger partial charge on any atom is 0.131 e. The Morgan fingerprint density at radius 2 is 2.21 bits per heavy atom. The molecule has 0 fully saturated rings. The summed E-state index contributed by atoms with van der Waals surface area (Å²) in [5.41, 5.74) is 4.41. The molecule has 3 rings (SSSR count). The van der Waals surface area contributed by atoms with Crippen LogP contribution in [0.25, 0.3) is 10.9 Å². The number of aryl methyl sites for hydroxylation is 1. The molecule has 2 heterocycles. The van der Waals surface area contributed by atoms with Gasteiger partial charge in [-0.25, -0.2) is 0 Å². The van der Waals surface area contributed by atoms with Crippen molar-refractivity contribution in [2.75, 3.05) is 13.2 Å². The van der Waals surface area contributed by atoms with Crippen molar-refractivity contribution in [2.24, 2.45) is 0 Å². The van der Waals surface area contributed by atoms with Crippen LogP contribution >= 0.6 is 0 Å². The molecular weight excluding hydrogens is 238 g/mol. The minimum atomic E-state index is -0.544. The topological polar surface area (TPSA) is 45.2 Å². The predicted octanol–water partition coefficient (Wildman–Crippen LogP) is 2.90. The van der Waals surface area contributed by atoms with E-state index >= 15 is 0 Å². The SMILES string of the molecule is CCc1cccc2c3c([nH]c12)C(CC)(CO)OCC3. The van der Waals surface area contributed by atoms with E-state index in [-0.39, 0.29) is 6.61 Å². The molecule has 3 heteroatoms. The third-order valence-corrected chi connectivity index (χ3v) is 4.42. The zero-order valence-corrected chi connectivity index (χ0v) is 11.6. The lowest BCUT2D eigenvalue weighted by molar-refractivity contribution is -0.0983. The van der Waals surface area contributed by atoms with E-state index in [0.29, 0.717) is 6.61 Å². The Morgan fingerprint density at radius 1 is 1.37 bits per heavy atom. The maximum atomic E-state index is 9.79. The van der Waals surface area contributed by atoms with Gasteiger partial charge in [-0.3, -0.25) is 0 Å². The lowest BCUT2D eigenvalue weighted by Crippen LogP contribution is -2.38. The Labute approximate surface area is 113 Å². The van der Waals surface area contributed by atoms with Gasteiger partial charge in [-0.2, -0.15) is 0 Å². The first-order valence-electron chi connectivity index (χ1n) is 7.13. The molecule has 1 aliphatic heterocycles. The number of nitrogens with one attached hydrogen (secondary N) is 1. The molecule has 2 N–H and O–H groups in total. The van der Waals surface area contributed by atoms with Crippen LogP contribution < -0.4 is 0 Å². The summed E-state index contributed by atoms with van der Waals surface area (Å²) in [7, 11) is 0. The largest absolute Gasteiger partial charge is 0.393 e. The van der Waals surface area contributed by atoms with Crippen molar-refractivity contribution in [2.45, 2.75) is 38.7 Å². The molecule has 1 aliphatic rings. The van der Waals surface area contributed by atoms with Gasteiger partial charge in [-0.1, -0.05) is 32.0 Å². The second kappa shape index (κ2) is 4.66. The average Bonchev–Trinajstić information content (AvgIpc) is 2.86. The first-order chi connectivity index (χ1) is 9.25. The number of aliphatic hydroxyl groups excluding tert-OH is 1. The number of hydrogen-bond acceptors (Lipinski definition) is 2. The normalized spacial score (nSPS) is 22.7. The Balaban J connectivity index is 2.29. The minimum absolute atomic E-state index is 0.0325. The van der Waals surface area contributed by atoms with E-state index in [1.165, 1.54) is 22.0 Å². The first-order valence-corrected chi connectivity index (χ1v) is 7.13. The van der Waals surface area contributed by atoms with Crippen LogP contribution in [0, 0.1) is 0 Å². The van der Waals surface area contributed by atoms with Crippen LogP contribution in [0.4, 0.5) is 0 Å². The standard InChI is InChI=1S/C16H21NO2/c1-3-11-6-5-7-12-13-8-9-19-16(4-2,10-18)15(13)17-14(11)12/h5-7,17-18H,3-4,8-10H2,1-2H3. The second-order valence-corrected chi connectivity index (χ2v) is 5.28. The number of fused-ring (bicyclic) bond motifs is 3. The minimum Gasteiger partial charge on any atom is -0.393 e. The van der Waals surface area contributed by atoms with Crippen LogP contribution in [-0.2, 0) is 23.2 Å². The number of para-hydroxylation sites is 1. The fourth-order valence-electron chi connectivity index (χ4n) is 3.21. The number of ether oxygens (including phenoxy) is 1. The van der Waals surface area contributed by atoms with Crippen molar-refractivity contribution in [3.05, 3.63) is 35.0 Å². The summed E-state index contributed by atoms with van der Waals surface area (Å²) in [6, 6.07) is 6.46. The highest BCUT2D eigenvalue weighted by Crippen LogP contribution is 2.39. The average molecular weight is 259 g/mol. The third-order valence-electron chi connectivity index (χ3n) is 4.42. The van der Waals surface area contributed by atoms with Gasteiger partial charge in [0.15, 0.2) is 0 Å². The monoisotopic (exact) mass is 259 g/mol. The van der Waals surface area contributed by atoms with Crippen molar-refractivity contribution < 1.29 is 9.84 Å². The summed E-state index contributed by atoms with van der Waals surface area (Å²) in [5, 5.41) is 11.1. The second-order valence-electron chi connectivity index (χ2n) is 5.28. The van der Waals surface area contributed by atoms with Gasteiger partial charge in [0.05, 0.1) is 18.9 Å². The van der Waals surface area contributed by atoms with Gasteiger partial charge in [-0.15, -0.1) is 0 Å².